The molecule has 15 heavy (non-hydrogen) atoms. The van der Waals surface area contributed by atoms with Crippen LogP contribution in [0.1, 0.15) is 20.3 Å². The molecule has 1 fully saturated rings. The van der Waals surface area contributed by atoms with Crippen LogP contribution >= 0.6 is 0 Å². The van der Waals surface area contributed by atoms with Gasteiger partial charge in [0.25, 0.3) is 0 Å². The van der Waals surface area contributed by atoms with Crippen molar-refractivity contribution in [2.45, 2.75) is 26.4 Å². The molecule has 1 rings (SSSR count). The van der Waals surface area contributed by atoms with Gasteiger partial charge in [-0.2, -0.15) is 0 Å². The normalized spacial score (nSPS) is 23.9. The van der Waals surface area contributed by atoms with Gasteiger partial charge in [0.05, 0.1) is 0 Å². The van der Waals surface area contributed by atoms with Gasteiger partial charge in [-0.1, -0.05) is 0 Å². The van der Waals surface area contributed by atoms with Gasteiger partial charge in [-0.25, -0.2) is 0 Å². The zero-order valence-corrected chi connectivity index (χ0v) is 11.6. The number of hydrogen-bond donors (Lipinski definition) is 2. The fourth-order valence-electron chi connectivity index (χ4n) is 1.53. The van der Waals surface area contributed by atoms with Crippen molar-refractivity contribution in [3.63, 3.8) is 0 Å². The van der Waals surface area contributed by atoms with Crippen LogP contribution in [0, 0.1) is 0 Å². The Morgan fingerprint density at radius 3 is 2.93 bits per heavy atom. The molecule has 1 aliphatic rings. The van der Waals surface area contributed by atoms with Gasteiger partial charge in [0.2, 0.25) is 0 Å². The maximum absolute atomic E-state index is 9.39. The minimum atomic E-state index is -0.204. The summed E-state index contributed by atoms with van der Waals surface area (Å²) in [6.07, 6.45) is 2.65. The summed E-state index contributed by atoms with van der Waals surface area (Å²) >= 11 is 0.204. The Bertz CT molecular complexity index is 263. The molecule has 0 amide bonds. The first-order valence-electron chi connectivity index (χ1n) is 5.28. The second kappa shape index (κ2) is 6.37. The van der Waals surface area contributed by atoms with Crippen LogP contribution in [0.25, 0.3) is 0 Å². The van der Waals surface area contributed by atoms with E-state index in [-0.39, 0.29) is 27.3 Å². The fourth-order valence-corrected chi connectivity index (χ4v) is 2.85. The first kappa shape index (κ1) is 12.8. The Kier molecular flexibility index (Phi) is 5.45. The van der Waals surface area contributed by atoms with Gasteiger partial charge in [-0.05, 0) is 0 Å². The molecule has 0 spiro atoms. The number of nitrogens with two attached hydrogens (primary N) is 1. The number of rotatable bonds is 4. The molecular weight excluding hydrogens is 303 g/mol. The molecular formula is C11H20IN2O-. The fraction of sp³-hybridized carbons (Fsp3) is 0.636. The summed E-state index contributed by atoms with van der Waals surface area (Å²) in [6, 6.07) is 0. The number of allylic oxidation sites excluding steroid dienone is 2. The van der Waals surface area contributed by atoms with Crippen molar-refractivity contribution in [2.24, 2.45) is 5.73 Å². The van der Waals surface area contributed by atoms with E-state index in [1.54, 1.807) is 0 Å². The van der Waals surface area contributed by atoms with Gasteiger partial charge in [0, 0.05) is 0 Å². The monoisotopic (exact) mass is 323 g/mol. The molecule has 0 aromatic rings. The van der Waals surface area contributed by atoms with Crippen molar-refractivity contribution >= 4 is 0 Å². The van der Waals surface area contributed by atoms with Crippen molar-refractivity contribution in [2.75, 3.05) is 17.5 Å². The number of alkyl halides is 1. The van der Waals surface area contributed by atoms with Gasteiger partial charge in [-0.3, -0.25) is 0 Å². The summed E-state index contributed by atoms with van der Waals surface area (Å²) in [5, 5.41) is 9.39. The summed E-state index contributed by atoms with van der Waals surface area (Å²) in [7, 11) is 0. The molecule has 0 unspecified atom stereocenters. The van der Waals surface area contributed by atoms with Crippen LogP contribution in [0.4, 0.5) is 0 Å². The Balaban J connectivity index is 2.51. The third kappa shape index (κ3) is 4.42. The number of halogens is 1. The van der Waals surface area contributed by atoms with E-state index in [0.29, 0.717) is 6.54 Å². The zero-order valence-electron chi connectivity index (χ0n) is 9.41. The number of likely N-dealkylation sites (tertiary alicyclic amines) is 1. The van der Waals surface area contributed by atoms with Gasteiger partial charge in [-0.15, -0.1) is 0 Å². The third-order valence-electron chi connectivity index (χ3n) is 2.31. The molecule has 1 heterocycles. The van der Waals surface area contributed by atoms with E-state index in [1.807, 2.05) is 11.0 Å². The Labute approximate surface area is 102 Å². The second-order valence-corrected chi connectivity index (χ2v) is 6.76. The van der Waals surface area contributed by atoms with Crippen molar-refractivity contribution in [1.29, 1.82) is 0 Å². The molecule has 0 aliphatic carbocycles. The van der Waals surface area contributed by atoms with Crippen LogP contribution in [0.3, 0.4) is 0 Å². The van der Waals surface area contributed by atoms with Crippen molar-refractivity contribution in [1.82, 2.24) is 4.90 Å². The Hall–Kier alpha value is -0.230. The van der Waals surface area contributed by atoms with Crippen LogP contribution in [-0.2, 0) is 0 Å². The first-order valence-corrected chi connectivity index (χ1v) is 8.05. The van der Waals surface area contributed by atoms with E-state index < -0.39 is 0 Å². The van der Waals surface area contributed by atoms with E-state index >= 15 is 0 Å². The standard InChI is InChI=1S/C11H20IN2O/c1-3-12-7-9(2)6-11(13)14-5-4-10(15)8-14/h6-7,10,15H,3-5,8,13H2,1-2H3/q-1/b9-7-,11-6+/t10-/m0/s1. The van der Waals surface area contributed by atoms with Crippen molar-refractivity contribution in [3.8, 4) is 0 Å². The van der Waals surface area contributed by atoms with E-state index in [2.05, 4.69) is 17.9 Å². The van der Waals surface area contributed by atoms with Gasteiger partial charge in [0.15, 0.2) is 0 Å². The number of aliphatic hydroxyl groups is 1. The van der Waals surface area contributed by atoms with E-state index in [1.165, 1.54) is 10.0 Å². The van der Waals surface area contributed by atoms with Crippen LogP contribution < -0.4 is 26.9 Å². The molecule has 1 saturated heterocycles. The topological polar surface area (TPSA) is 49.5 Å². The average Bonchev–Trinajstić information content (AvgIpc) is 2.61. The summed E-state index contributed by atoms with van der Waals surface area (Å²) in [5.41, 5.74) is 7.21. The van der Waals surface area contributed by atoms with Crippen LogP contribution in [-0.4, -0.2) is 33.6 Å². The molecule has 0 aromatic heterocycles. The predicted molar refractivity (Wildman–Crippen MR) is 58.8 cm³/mol. The minimum absolute atomic E-state index is 0.204. The molecule has 0 aromatic carbocycles. The second-order valence-electron chi connectivity index (χ2n) is 3.73. The van der Waals surface area contributed by atoms with Gasteiger partial charge in [0.1, 0.15) is 0 Å². The van der Waals surface area contributed by atoms with E-state index in [0.717, 1.165) is 18.8 Å². The van der Waals surface area contributed by atoms with E-state index in [4.69, 9.17) is 5.73 Å². The van der Waals surface area contributed by atoms with E-state index in [9.17, 15) is 5.11 Å². The molecule has 0 bridgehead atoms. The molecule has 1 atom stereocenters. The van der Waals surface area contributed by atoms with Crippen molar-refractivity contribution < 1.29 is 26.3 Å². The summed E-state index contributed by atoms with van der Waals surface area (Å²) in [5.74, 6) is 0.792. The molecule has 0 radical (unpaired) electrons. The molecule has 0 saturated carbocycles. The Morgan fingerprint density at radius 1 is 1.67 bits per heavy atom. The number of aliphatic hydroxyl groups excluding tert-OH is 1. The quantitative estimate of drug-likeness (QED) is 0.353. The van der Waals surface area contributed by atoms with Crippen molar-refractivity contribution in [3.05, 3.63) is 21.6 Å². The molecule has 4 heteroatoms. The van der Waals surface area contributed by atoms with Crippen LogP contribution in [0.2, 0.25) is 0 Å². The molecule has 1 aliphatic heterocycles. The summed E-state index contributed by atoms with van der Waals surface area (Å²) < 4.78 is 3.57. The summed E-state index contributed by atoms with van der Waals surface area (Å²) in [6.45, 7) is 5.85. The maximum atomic E-state index is 9.39. The van der Waals surface area contributed by atoms with Gasteiger partial charge >= 0.3 is 102 Å². The van der Waals surface area contributed by atoms with Crippen LogP contribution in [0.15, 0.2) is 21.6 Å². The zero-order chi connectivity index (χ0) is 11.3. The Morgan fingerprint density at radius 2 is 2.40 bits per heavy atom. The SMILES string of the molecule is CC[I-]/C=C(C)\C=C(/N)N1CC[C@H](O)C1. The summed E-state index contributed by atoms with van der Waals surface area (Å²) in [4.78, 5) is 2.05. The third-order valence-corrected chi connectivity index (χ3v) is 4.61. The number of β-amino-alcohol motifs (C(OH)–C–C–N with tert-alkyl or cyclic N) is 1. The van der Waals surface area contributed by atoms with Crippen LogP contribution in [0.5, 0.6) is 0 Å². The molecule has 88 valence electrons. The molecule has 3 nitrogen and oxygen atoms in total. The average molecular weight is 323 g/mol. The number of hydrogen-bond acceptors (Lipinski definition) is 3. The first-order chi connectivity index (χ1) is 7.13. The molecule has 3 N–H and O–H groups in total. The van der Waals surface area contributed by atoms with Gasteiger partial charge < -0.3 is 0 Å². The number of nitrogens with zero attached hydrogens (tertiary/aromatic N) is 1. The predicted octanol–water partition coefficient (Wildman–Crippen LogP) is -2.13.